The molecule has 0 fully saturated rings. The van der Waals surface area contributed by atoms with Crippen LogP contribution in [0.2, 0.25) is 0 Å². The summed E-state index contributed by atoms with van der Waals surface area (Å²) in [5.41, 5.74) is 1.60. The van der Waals surface area contributed by atoms with Crippen LogP contribution in [0.5, 0.6) is 11.5 Å². The third kappa shape index (κ3) is 3.39. The maximum Gasteiger partial charge on any atom is 0.254 e. The van der Waals surface area contributed by atoms with Gasteiger partial charge in [-0.15, -0.1) is 0 Å². The van der Waals surface area contributed by atoms with Crippen LogP contribution in [0.4, 0.5) is 0 Å². The fraction of sp³-hybridized carbons (Fsp3) is 0.474. The maximum atomic E-state index is 13.2. The van der Waals surface area contributed by atoms with E-state index in [2.05, 4.69) is 5.10 Å². The molecule has 0 bridgehead atoms. The third-order valence-electron chi connectivity index (χ3n) is 4.64. The molecule has 4 rings (SSSR count). The van der Waals surface area contributed by atoms with Gasteiger partial charge in [-0.2, -0.15) is 5.10 Å². The number of carbonyl (C=O) groups excluding carboxylic acids is 1. The van der Waals surface area contributed by atoms with E-state index >= 15 is 0 Å². The summed E-state index contributed by atoms with van der Waals surface area (Å²) in [7, 11) is 0. The lowest BCUT2D eigenvalue weighted by Crippen LogP contribution is -2.37. The lowest BCUT2D eigenvalue weighted by atomic mass is 10.1. The average molecular weight is 357 g/mol. The van der Waals surface area contributed by atoms with E-state index in [0.29, 0.717) is 56.5 Å². The molecule has 0 aliphatic carbocycles. The number of hydrogen-bond donors (Lipinski definition) is 0. The second-order valence-corrected chi connectivity index (χ2v) is 6.48. The molecule has 26 heavy (non-hydrogen) atoms. The molecule has 0 spiro atoms. The van der Waals surface area contributed by atoms with Gasteiger partial charge >= 0.3 is 0 Å². The Morgan fingerprint density at radius 2 is 2.08 bits per heavy atom. The number of carbonyl (C=O) groups is 1. The molecule has 1 aromatic heterocycles. The van der Waals surface area contributed by atoms with E-state index in [-0.39, 0.29) is 12.0 Å². The molecular weight excluding hydrogens is 334 g/mol. The molecule has 1 aromatic carbocycles. The number of amides is 1. The summed E-state index contributed by atoms with van der Waals surface area (Å²) in [6.45, 7) is 5.49. The Morgan fingerprint density at radius 3 is 2.92 bits per heavy atom. The van der Waals surface area contributed by atoms with Gasteiger partial charge < -0.3 is 19.1 Å². The van der Waals surface area contributed by atoms with Crippen LogP contribution in [0.3, 0.4) is 0 Å². The fourth-order valence-electron chi connectivity index (χ4n) is 3.39. The van der Waals surface area contributed by atoms with Crippen LogP contribution in [0, 0.1) is 0 Å². The minimum Gasteiger partial charge on any atom is -0.490 e. The lowest BCUT2D eigenvalue weighted by molar-refractivity contribution is 0.0245. The maximum absolute atomic E-state index is 13.2. The number of aromatic nitrogens is 2. The highest BCUT2D eigenvalue weighted by Gasteiger charge is 2.27. The molecule has 138 valence electrons. The Hall–Kier alpha value is -2.54. The highest BCUT2D eigenvalue weighted by Crippen LogP contribution is 2.31. The van der Waals surface area contributed by atoms with Gasteiger partial charge in [0.1, 0.15) is 0 Å². The summed E-state index contributed by atoms with van der Waals surface area (Å²) in [5.74, 6) is 1.29. The lowest BCUT2D eigenvalue weighted by Gasteiger charge is -2.24. The molecule has 2 aliphatic heterocycles. The third-order valence-corrected chi connectivity index (χ3v) is 4.64. The molecule has 2 aliphatic rings. The second-order valence-electron chi connectivity index (χ2n) is 6.48. The zero-order valence-electron chi connectivity index (χ0n) is 14.9. The monoisotopic (exact) mass is 357 g/mol. The molecule has 0 saturated carbocycles. The highest BCUT2D eigenvalue weighted by atomic mass is 16.5. The van der Waals surface area contributed by atoms with Crippen molar-refractivity contribution in [3.63, 3.8) is 0 Å². The van der Waals surface area contributed by atoms with Crippen molar-refractivity contribution in [1.29, 1.82) is 0 Å². The van der Waals surface area contributed by atoms with Crippen LogP contribution in [-0.4, -0.2) is 53.1 Å². The SMILES string of the molecule is CCOC1CN(C(=O)c2ccc3c(c2)OCCCO3)Cc2ccnn2C1. The first-order valence-electron chi connectivity index (χ1n) is 9.06. The van der Waals surface area contributed by atoms with Gasteiger partial charge in [-0.25, -0.2) is 0 Å². The molecule has 1 unspecified atom stereocenters. The predicted octanol–water partition coefficient (Wildman–Crippen LogP) is 2.11. The Bertz CT molecular complexity index is 789. The van der Waals surface area contributed by atoms with Gasteiger partial charge in [0.15, 0.2) is 11.5 Å². The smallest absolute Gasteiger partial charge is 0.254 e. The van der Waals surface area contributed by atoms with Gasteiger partial charge in [0, 0.05) is 31.3 Å². The summed E-state index contributed by atoms with van der Waals surface area (Å²) in [5, 5.41) is 4.35. The second kappa shape index (κ2) is 7.37. The van der Waals surface area contributed by atoms with Crippen molar-refractivity contribution in [2.24, 2.45) is 0 Å². The van der Waals surface area contributed by atoms with Crippen molar-refractivity contribution in [2.45, 2.75) is 32.5 Å². The van der Waals surface area contributed by atoms with Crippen LogP contribution in [-0.2, 0) is 17.8 Å². The Balaban J connectivity index is 1.59. The fourth-order valence-corrected chi connectivity index (χ4v) is 3.39. The molecule has 0 radical (unpaired) electrons. The first-order valence-corrected chi connectivity index (χ1v) is 9.06. The molecule has 7 nitrogen and oxygen atoms in total. The minimum atomic E-state index is -0.0782. The molecule has 2 aromatic rings. The molecule has 7 heteroatoms. The topological polar surface area (TPSA) is 65.8 Å². The van der Waals surface area contributed by atoms with Gasteiger partial charge in [0.05, 0.1) is 38.1 Å². The van der Waals surface area contributed by atoms with Gasteiger partial charge in [-0.05, 0) is 31.2 Å². The number of ether oxygens (including phenoxy) is 3. The van der Waals surface area contributed by atoms with Gasteiger partial charge in [-0.1, -0.05) is 0 Å². The predicted molar refractivity (Wildman–Crippen MR) is 94.4 cm³/mol. The summed E-state index contributed by atoms with van der Waals surface area (Å²) in [6, 6.07) is 7.34. The number of rotatable bonds is 3. The van der Waals surface area contributed by atoms with Crippen molar-refractivity contribution in [1.82, 2.24) is 14.7 Å². The number of hydrogen-bond acceptors (Lipinski definition) is 5. The van der Waals surface area contributed by atoms with E-state index in [1.807, 2.05) is 28.6 Å². The summed E-state index contributed by atoms with van der Waals surface area (Å²) < 4.78 is 19.1. The normalized spacial score (nSPS) is 19.4. The first kappa shape index (κ1) is 16.9. The van der Waals surface area contributed by atoms with E-state index in [1.165, 1.54) is 0 Å². The minimum absolute atomic E-state index is 0.0417. The number of nitrogens with zero attached hydrogens (tertiary/aromatic N) is 3. The molecular formula is C19H23N3O4. The largest absolute Gasteiger partial charge is 0.490 e. The van der Waals surface area contributed by atoms with Crippen LogP contribution in [0.15, 0.2) is 30.5 Å². The first-order chi connectivity index (χ1) is 12.7. The van der Waals surface area contributed by atoms with E-state index in [0.717, 1.165) is 12.1 Å². The standard InChI is InChI=1S/C19H23N3O4/c1-2-24-16-12-21(11-15-6-7-20-22(15)13-16)19(23)14-4-5-17-18(10-14)26-9-3-8-25-17/h4-7,10,16H,2-3,8-9,11-13H2,1H3. The van der Waals surface area contributed by atoms with Gasteiger partial charge in [0.25, 0.3) is 5.91 Å². The molecule has 0 N–H and O–H groups in total. The average Bonchev–Trinajstić information content (AvgIpc) is 2.86. The number of fused-ring (bicyclic) bond motifs is 2. The quantitative estimate of drug-likeness (QED) is 0.842. The molecule has 1 amide bonds. The Labute approximate surface area is 152 Å². The van der Waals surface area contributed by atoms with Gasteiger partial charge in [-0.3, -0.25) is 9.48 Å². The van der Waals surface area contributed by atoms with E-state index in [9.17, 15) is 4.79 Å². The van der Waals surface area contributed by atoms with Crippen LogP contribution in [0.1, 0.15) is 29.4 Å². The van der Waals surface area contributed by atoms with Crippen LogP contribution >= 0.6 is 0 Å². The van der Waals surface area contributed by atoms with Crippen molar-refractivity contribution in [3.05, 3.63) is 41.7 Å². The van der Waals surface area contributed by atoms with Crippen molar-refractivity contribution < 1.29 is 19.0 Å². The van der Waals surface area contributed by atoms with E-state index < -0.39 is 0 Å². The van der Waals surface area contributed by atoms with Crippen LogP contribution < -0.4 is 9.47 Å². The van der Waals surface area contributed by atoms with Crippen LogP contribution in [0.25, 0.3) is 0 Å². The molecule has 1 atom stereocenters. The highest BCUT2D eigenvalue weighted by molar-refractivity contribution is 5.95. The van der Waals surface area contributed by atoms with Crippen molar-refractivity contribution in [2.75, 3.05) is 26.4 Å². The summed E-state index contributed by atoms with van der Waals surface area (Å²) in [6.07, 6.45) is 2.52. The van der Waals surface area contributed by atoms with Crippen molar-refractivity contribution in [3.8, 4) is 11.5 Å². The molecule has 0 saturated heterocycles. The molecule has 3 heterocycles. The van der Waals surface area contributed by atoms with E-state index in [4.69, 9.17) is 14.2 Å². The zero-order valence-corrected chi connectivity index (χ0v) is 14.9. The zero-order chi connectivity index (χ0) is 17.9. The summed E-state index contributed by atoms with van der Waals surface area (Å²) in [4.78, 5) is 15.0. The van der Waals surface area contributed by atoms with Gasteiger partial charge in [0.2, 0.25) is 0 Å². The number of benzene rings is 1. The Morgan fingerprint density at radius 1 is 1.23 bits per heavy atom. The Kier molecular flexibility index (Phi) is 4.79. The van der Waals surface area contributed by atoms with E-state index in [1.54, 1.807) is 18.3 Å². The summed E-state index contributed by atoms with van der Waals surface area (Å²) >= 11 is 0. The van der Waals surface area contributed by atoms with Crippen molar-refractivity contribution >= 4 is 5.91 Å².